The van der Waals surface area contributed by atoms with Gasteiger partial charge in [-0.15, -0.1) is 4.72 Å². The molecule has 152 valence electrons. The van der Waals surface area contributed by atoms with Gasteiger partial charge in [0.25, 0.3) is 0 Å². The zero-order chi connectivity index (χ0) is 20.4. The summed E-state index contributed by atoms with van der Waals surface area (Å²) in [7, 11) is 0. The predicted octanol–water partition coefficient (Wildman–Crippen LogP) is 4.66. The number of rotatable bonds is 6. The molecule has 0 aliphatic carbocycles. The van der Waals surface area contributed by atoms with Gasteiger partial charge in [-0.1, -0.05) is 68.4 Å². The highest BCUT2D eigenvalue weighted by atomic mass is 32.2. The summed E-state index contributed by atoms with van der Waals surface area (Å²) in [6, 6.07) is 21.8. The molecule has 2 heterocycles. The van der Waals surface area contributed by atoms with Gasteiger partial charge in [-0.25, -0.2) is 0 Å². The van der Waals surface area contributed by atoms with Crippen LogP contribution in [-0.2, 0) is 24.2 Å². The quantitative estimate of drug-likeness (QED) is 0.605. The smallest absolute Gasteiger partial charge is 0.115 e. The summed E-state index contributed by atoms with van der Waals surface area (Å²) in [5.74, 6) is 0.405. The zero-order valence-electron chi connectivity index (χ0n) is 17.3. The van der Waals surface area contributed by atoms with E-state index >= 15 is 0 Å². The van der Waals surface area contributed by atoms with Crippen molar-refractivity contribution in [1.82, 2.24) is 14.5 Å². The minimum absolute atomic E-state index is 0.147. The third kappa shape index (κ3) is 4.58. The number of fused-ring (bicyclic) bond motifs is 1. The summed E-state index contributed by atoms with van der Waals surface area (Å²) in [5.41, 5.74) is 6.16. The highest BCUT2D eigenvalue weighted by Gasteiger charge is 2.33. The zero-order valence-corrected chi connectivity index (χ0v) is 18.2. The first-order chi connectivity index (χ1) is 14.0. The second-order valence-corrected chi connectivity index (χ2v) is 9.36. The molecule has 5 heteroatoms. The maximum Gasteiger partial charge on any atom is 0.115 e. The molecule has 0 spiro atoms. The summed E-state index contributed by atoms with van der Waals surface area (Å²) >= 11 is -1.05. The number of hydrogen-bond donors (Lipinski definition) is 1. The molecule has 1 aliphatic rings. The van der Waals surface area contributed by atoms with E-state index in [1.807, 2.05) is 6.07 Å². The number of hydrogen-bond acceptors (Lipinski definition) is 3. The molecule has 4 nitrogen and oxygen atoms in total. The van der Waals surface area contributed by atoms with Crippen LogP contribution >= 0.6 is 0 Å². The molecule has 1 aliphatic heterocycles. The van der Waals surface area contributed by atoms with E-state index in [0.29, 0.717) is 5.92 Å². The third-order valence-corrected chi connectivity index (χ3v) is 6.34. The molecule has 3 unspecified atom stereocenters. The topological polar surface area (TPSA) is 52.9 Å². The van der Waals surface area contributed by atoms with Gasteiger partial charge in [0.2, 0.25) is 0 Å². The molecule has 2 aromatic carbocycles. The first-order valence-corrected chi connectivity index (χ1v) is 11.9. The number of nitrogens with zero attached hydrogens (tertiary/aromatic N) is 2. The summed E-state index contributed by atoms with van der Waals surface area (Å²) in [6.45, 7) is 4.37. The van der Waals surface area contributed by atoms with Crippen molar-refractivity contribution in [3.63, 3.8) is 0 Å². The number of aromatic nitrogens is 2. The fourth-order valence-electron chi connectivity index (χ4n) is 4.21. The van der Waals surface area contributed by atoms with E-state index < -0.39 is 11.4 Å². The van der Waals surface area contributed by atoms with Crippen LogP contribution in [0, 0.1) is 0 Å². The van der Waals surface area contributed by atoms with Crippen LogP contribution in [0.3, 0.4) is 0 Å². The van der Waals surface area contributed by atoms with Crippen LogP contribution in [-0.4, -0.2) is 26.6 Å². The summed E-state index contributed by atoms with van der Waals surface area (Å²) in [4.78, 5) is 0. The Kier molecular flexibility index (Phi) is 6.09. The molecule has 0 fully saturated rings. The van der Waals surface area contributed by atoms with Crippen LogP contribution < -0.4 is 4.72 Å². The van der Waals surface area contributed by atoms with Crippen molar-refractivity contribution in [2.75, 3.05) is 6.26 Å². The van der Waals surface area contributed by atoms with Gasteiger partial charge in [-0.3, -0.25) is 4.68 Å². The average Bonchev–Trinajstić information content (AvgIpc) is 3.15. The van der Waals surface area contributed by atoms with Crippen LogP contribution in [0.25, 0.3) is 11.1 Å². The van der Waals surface area contributed by atoms with E-state index in [2.05, 4.69) is 77.8 Å². The molecule has 29 heavy (non-hydrogen) atoms. The van der Waals surface area contributed by atoms with Gasteiger partial charge in [0, 0.05) is 17.1 Å². The monoisotopic (exact) mass is 407 g/mol. The lowest BCUT2D eigenvalue weighted by Gasteiger charge is -2.33. The first-order valence-electron chi connectivity index (χ1n) is 10.3. The standard InChI is InChI=1S/C24H29N3OS/c1-17(2)23-16-21-12-13-22(26-29(3)28)24(27(21)25-23)15-18-8-7-11-20(14-18)19-9-5-4-6-10-19/h4-11,14,16-17,22,24,26H,12-13,15H2,1-3H3. The maximum atomic E-state index is 11.9. The Morgan fingerprint density at radius 1 is 1.10 bits per heavy atom. The molecule has 3 aromatic rings. The summed E-state index contributed by atoms with van der Waals surface area (Å²) in [5, 5.41) is 4.94. The fraction of sp³-hybridized carbons (Fsp3) is 0.375. The lowest BCUT2D eigenvalue weighted by molar-refractivity contribution is 0.298. The van der Waals surface area contributed by atoms with E-state index in [-0.39, 0.29) is 12.1 Å². The average molecular weight is 408 g/mol. The fourth-order valence-corrected chi connectivity index (χ4v) is 4.91. The van der Waals surface area contributed by atoms with Gasteiger partial charge >= 0.3 is 0 Å². The van der Waals surface area contributed by atoms with Gasteiger partial charge < -0.3 is 4.55 Å². The van der Waals surface area contributed by atoms with Crippen LogP contribution in [0.15, 0.2) is 60.7 Å². The lowest BCUT2D eigenvalue weighted by Crippen LogP contribution is -2.45. The van der Waals surface area contributed by atoms with Crippen LogP contribution in [0.2, 0.25) is 0 Å². The maximum absolute atomic E-state index is 11.9. The van der Waals surface area contributed by atoms with Crippen molar-refractivity contribution in [3.05, 3.63) is 77.6 Å². The molecule has 0 bridgehead atoms. The SMILES string of the molecule is CC(C)c1cc2n(n1)C(Cc1cccc(-c3ccccc3)c1)C(N[S+](C)[O-])CC2. The minimum Gasteiger partial charge on any atom is -0.598 e. The van der Waals surface area contributed by atoms with E-state index in [9.17, 15) is 4.55 Å². The Balaban J connectivity index is 1.66. The van der Waals surface area contributed by atoms with Crippen molar-refractivity contribution >= 4 is 11.4 Å². The molecule has 4 rings (SSSR count). The molecular weight excluding hydrogens is 378 g/mol. The Morgan fingerprint density at radius 2 is 1.86 bits per heavy atom. The van der Waals surface area contributed by atoms with E-state index in [1.54, 1.807) is 6.26 Å². The Bertz CT molecular complexity index is 952. The second-order valence-electron chi connectivity index (χ2n) is 8.21. The van der Waals surface area contributed by atoms with Crippen LogP contribution in [0.1, 0.15) is 49.2 Å². The second kappa shape index (κ2) is 8.74. The van der Waals surface area contributed by atoms with E-state index in [0.717, 1.165) is 25.0 Å². The Morgan fingerprint density at radius 3 is 2.59 bits per heavy atom. The highest BCUT2D eigenvalue weighted by molar-refractivity contribution is 7.88. The normalized spacial score (nSPS) is 19.9. The third-order valence-electron chi connectivity index (χ3n) is 5.71. The molecule has 0 radical (unpaired) electrons. The molecule has 0 saturated heterocycles. The van der Waals surface area contributed by atoms with Gasteiger partial charge in [0.15, 0.2) is 0 Å². The predicted molar refractivity (Wildman–Crippen MR) is 120 cm³/mol. The van der Waals surface area contributed by atoms with Crippen molar-refractivity contribution in [1.29, 1.82) is 0 Å². The molecule has 0 saturated carbocycles. The summed E-state index contributed by atoms with van der Waals surface area (Å²) in [6.07, 6.45) is 4.52. The molecule has 1 N–H and O–H groups in total. The summed E-state index contributed by atoms with van der Waals surface area (Å²) < 4.78 is 17.4. The molecule has 3 atom stereocenters. The van der Waals surface area contributed by atoms with Crippen molar-refractivity contribution in [2.24, 2.45) is 0 Å². The van der Waals surface area contributed by atoms with Gasteiger partial charge in [-0.05, 0) is 47.9 Å². The minimum atomic E-state index is -1.05. The van der Waals surface area contributed by atoms with Crippen molar-refractivity contribution < 1.29 is 4.55 Å². The van der Waals surface area contributed by atoms with Gasteiger partial charge in [0.1, 0.15) is 6.26 Å². The van der Waals surface area contributed by atoms with E-state index in [1.165, 1.54) is 22.4 Å². The largest absolute Gasteiger partial charge is 0.598 e. The van der Waals surface area contributed by atoms with Crippen LogP contribution in [0.5, 0.6) is 0 Å². The van der Waals surface area contributed by atoms with Crippen molar-refractivity contribution in [2.45, 2.75) is 51.1 Å². The van der Waals surface area contributed by atoms with Gasteiger partial charge in [0.05, 0.1) is 17.8 Å². The van der Waals surface area contributed by atoms with Gasteiger partial charge in [-0.2, -0.15) is 5.10 Å². The lowest BCUT2D eigenvalue weighted by atomic mass is 9.91. The molecule has 0 amide bonds. The van der Waals surface area contributed by atoms with Crippen LogP contribution in [0.4, 0.5) is 0 Å². The van der Waals surface area contributed by atoms with Crippen molar-refractivity contribution in [3.8, 4) is 11.1 Å². The Labute approximate surface area is 176 Å². The first kappa shape index (κ1) is 20.2. The van der Waals surface area contributed by atoms with E-state index in [4.69, 9.17) is 5.10 Å². The molecular formula is C24H29N3OS. The molecule has 1 aromatic heterocycles. The Hall–Kier alpha value is -2.08. The number of aryl methyl sites for hydroxylation is 1. The highest BCUT2D eigenvalue weighted by Crippen LogP contribution is 2.31. The number of nitrogens with one attached hydrogen (secondary N) is 1. The number of benzene rings is 2.